The Morgan fingerprint density at radius 1 is 1.00 bits per heavy atom. The lowest BCUT2D eigenvalue weighted by molar-refractivity contribution is 0.0845. The van der Waals surface area contributed by atoms with E-state index in [0.717, 1.165) is 5.56 Å². The first-order valence-electron chi connectivity index (χ1n) is 6.13. The van der Waals surface area contributed by atoms with Crippen molar-refractivity contribution in [3.63, 3.8) is 0 Å². The molecule has 0 saturated heterocycles. The van der Waals surface area contributed by atoms with Gasteiger partial charge in [0.05, 0.1) is 5.56 Å². The van der Waals surface area contributed by atoms with Gasteiger partial charge in [-0.05, 0) is 37.3 Å². The van der Waals surface area contributed by atoms with Crippen LogP contribution in [0.5, 0.6) is 5.75 Å². The van der Waals surface area contributed by atoms with E-state index in [0.29, 0.717) is 10.6 Å². The molecule has 0 bridgehead atoms. The highest BCUT2D eigenvalue weighted by Crippen LogP contribution is 2.20. The summed E-state index contributed by atoms with van der Waals surface area (Å²) in [6.45, 7) is 1.91. The minimum atomic E-state index is -0.657. The molecule has 2 rings (SSSR count). The molecule has 0 radical (unpaired) electrons. The number of rotatable bonds is 2. The monoisotopic (exact) mass is 304 g/mol. The third-order valence-corrected chi connectivity index (χ3v) is 3.04. The molecule has 2 aromatic carbocycles. The van der Waals surface area contributed by atoms with Crippen LogP contribution in [0.15, 0.2) is 42.5 Å². The molecule has 0 aliphatic rings. The predicted octanol–water partition coefficient (Wildman–Crippen LogP) is 2.43. The predicted molar refractivity (Wildman–Crippen MR) is 79.2 cm³/mol. The van der Waals surface area contributed by atoms with Gasteiger partial charge in [-0.2, -0.15) is 0 Å². The topological polar surface area (TPSA) is 78.4 Å². The van der Waals surface area contributed by atoms with Crippen molar-refractivity contribution in [2.24, 2.45) is 0 Å². The molecule has 0 aliphatic heterocycles. The lowest BCUT2D eigenvalue weighted by Gasteiger charge is -2.09. The molecule has 2 aromatic rings. The van der Waals surface area contributed by atoms with Crippen LogP contribution < -0.4 is 10.9 Å². The summed E-state index contributed by atoms with van der Waals surface area (Å²) in [7, 11) is 0. The molecular formula is C15H13ClN2O3. The van der Waals surface area contributed by atoms with Crippen molar-refractivity contribution in [3.8, 4) is 5.75 Å². The van der Waals surface area contributed by atoms with Gasteiger partial charge >= 0.3 is 0 Å². The van der Waals surface area contributed by atoms with Crippen LogP contribution in [0.3, 0.4) is 0 Å². The molecule has 0 aromatic heterocycles. The SMILES string of the molecule is Cc1ccc(C(=O)NNC(=O)c2cc(Cl)ccc2O)cc1. The Labute approximate surface area is 126 Å². The van der Waals surface area contributed by atoms with Gasteiger partial charge in [0, 0.05) is 10.6 Å². The van der Waals surface area contributed by atoms with E-state index < -0.39 is 11.8 Å². The number of amides is 2. The smallest absolute Gasteiger partial charge is 0.273 e. The summed E-state index contributed by atoms with van der Waals surface area (Å²) in [6, 6.07) is 10.9. The van der Waals surface area contributed by atoms with E-state index in [-0.39, 0.29) is 11.3 Å². The molecule has 0 saturated carbocycles. The fourth-order valence-electron chi connectivity index (χ4n) is 1.65. The lowest BCUT2D eigenvalue weighted by Crippen LogP contribution is -2.41. The molecule has 3 N–H and O–H groups in total. The number of carbonyl (C=O) groups excluding carboxylic acids is 2. The molecule has 2 amide bonds. The zero-order valence-corrected chi connectivity index (χ0v) is 11.9. The molecule has 0 atom stereocenters. The van der Waals surface area contributed by atoms with E-state index in [1.54, 1.807) is 24.3 Å². The van der Waals surface area contributed by atoms with Gasteiger partial charge in [-0.3, -0.25) is 20.4 Å². The highest BCUT2D eigenvalue weighted by atomic mass is 35.5. The summed E-state index contributed by atoms with van der Waals surface area (Å²) in [4.78, 5) is 23.7. The lowest BCUT2D eigenvalue weighted by atomic mass is 10.1. The number of phenols is 1. The van der Waals surface area contributed by atoms with Crippen LogP contribution in [0.1, 0.15) is 26.3 Å². The Morgan fingerprint density at radius 3 is 2.29 bits per heavy atom. The van der Waals surface area contributed by atoms with Crippen LogP contribution in [0.2, 0.25) is 5.02 Å². The summed E-state index contributed by atoms with van der Waals surface area (Å²) in [5.41, 5.74) is 5.91. The maximum Gasteiger partial charge on any atom is 0.273 e. The van der Waals surface area contributed by atoms with Gasteiger partial charge in [-0.1, -0.05) is 29.3 Å². The van der Waals surface area contributed by atoms with Gasteiger partial charge in [0.1, 0.15) is 5.75 Å². The minimum absolute atomic E-state index is 0.0216. The van der Waals surface area contributed by atoms with Crippen LogP contribution in [0, 0.1) is 6.92 Å². The number of nitrogens with one attached hydrogen (secondary N) is 2. The van der Waals surface area contributed by atoms with Crippen molar-refractivity contribution in [2.45, 2.75) is 6.92 Å². The minimum Gasteiger partial charge on any atom is -0.507 e. The third kappa shape index (κ3) is 3.73. The van der Waals surface area contributed by atoms with Crippen molar-refractivity contribution in [3.05, 3.63) is 64.2 Å². The molecule has 0 fully saturated rings. The van der Waals surface area contributed by atoms with Gasteiger partial charge in [0.15, 0.2) is 0 Å². The molecule has 0 unspecified atom stereocenters. The number of hydrogen-bond acceptors (Lipinski definition) is 3. The van der Waals surface area contributed by atoms with Crippen LogP contribution >= 0.6 is 11.6 Å². The number of benzene rings is 2. The average molecular weight is 305 g/mol. The zero-order chi connectivity index (χ0) is 15.4. The summed E-state index contributed by atoms with van der Waals surface area (Å²) in [5.74, 6) is -1.33. The summed E-state index contributed by atoms with van der Waals surface area (Å²) < 4.78 is 0. The number of aryl methyl sites for hydroxylation is 1. The molecule has 21 heavy (non-hydrogen) atoms. The summed E-state index contributed by atoms with van der Waals surface area (Å²) in [5, 5.41) is 9.89. The first-order valence-corrected chi connectivity index (χ1v) is 6.51. The summed E-state index contributed by atoms with van der Waals surface area (Å²) in [6.07, 6.45) is 0. The van der Waals surface area contributed by atoms with E-state index in [9.17, 15) is 14.7 Å². The second kappa shape index (κ2) is 6.28. The third-order valence-electron chi connectivity index (χ3n) is 2.81. The normalized spacial score (nSPS) is 10.0. The van der Waals surface area contributed by atoms with Gasteiger partial charge in [-0.25, -0.2) is 0 Å². The van der Waals surface area contributed by atoms with Gasteiger partial charge in [0.2, 0.25) is 0 Å². The van der Waals surface area contributed by atoms with E-state index >= 15 is 0 Å². The molecule has 0 heterocycles. The molecule has 6 heteroatoms. The average Bonchev–Trinajstić information content (AvgIpc) is 2.47. The number of hydrogen-bond donors (Lipinski definition) is 3. The zero-order valence-electron chi connectivity index (χ0n) is 11.2. The van der Waals surface area contributed by atoms with Crippen molar-refractivity contribution in [1.29, 1.82) is 0 Å². The quantitative estimate of drug-likeness (QED) is 0.746. The molecular weight excluding hydrogens is 292 g/mol. The Morgan fingerprint density at radius 2 is 1.62 bits per heavy atom. The Kier molecular flexibility index (Phi) is 4.45. The van der Waals surface area contributed by atoms with Crippen LogP contribution in [0.4, 0.5) is 0 Å². The number of carbonyl (C=O) groups is 2. The fourth-order valence-corrected chi connectivity index (χ4v) is 1.82. The number of halogens is 1. The summed E-state index contributed by atoms with van der Waals surface area (Å²) >= 11 is 5.76. The number of phenolic OH excluding ortho intramolecular Hbond substituents is 1. The van der Waals surface area contributed by atoms with Crippen molar-refractivity contribution >= 4 is 23.4 Å². The molecule has 0 aliphatic carbocycles. The highest BCUT2D eigenvalue weighted by molar-refractivity contribution is 6.31. The molecule has 108 valence electrons. The standard InChI is InChI=1S/C15H13ClN2O3/c1-9-2-4-10(5-3-9)14(20)17-18-15(21)12-8-11(16)6-7-13(12)19/h2-8,19H,1H3,(H,17,20)(H,18,21). The van der Waals surface area contributed by atoms with Gasteiger partial charge < -0.3 is 5.11 Å². The van der Waals surface area contributed by atoms with E-state index in [4.69, 9.17) is 11.6 Å². The van der Waals surface area contributed by atoms with Gasteiger partial charge in [-0.15, -0.1) is 0 Å². The van der Waals surface area contributed by atoms with Crippen molar-refractivity contribution in [2.75, 3.05) is 0 Å². The number of aromatic hydroxyl groups is 1. The fraction of sp³-hybridized carbons (Fsp3) is 0.0667. The van der Waals surface area contributed by atoms with Crippen LogP contribution in [-0.2, 0) is 0 Å². The Hall–Kier alpha value is -2.53. The van der Waals surface area contributed by atoms with E-state index in [1.807, 2.05) is 6.92 Å². The first-order chi connectivity index (χ1) is 9.97. The van der Waals surface area contributed by atoms with Crippen LogP contribution in [0.25, 0.3) is 0 Å². The maximum atomic E-state index is 11.9. The van der Waals surface area contributed by atoms with Crippen molar-refractivity contribution in [1.82, 2.24) is 10.9 Å². The molecule has 5 nitrogen and oxygen atoms in total. The molecule has 0 spiro atoms. The second-order valence-electron chi connectivity index (χ2n) is 4.44. The second-order valence-corrected chi connectivity index (χ2v) is 4.87. The largest absolute Gasteiger partial charge is 0.507 e. The van der Waals surface area contributed by atoms with Crippen LogP contribution in [-0.4, -0.2) is 16.9 Å². The maximum absolute atomic E-state index is 11.9. The number of hydrazine groups is 1. The van der Waals surface area contributed by atoms with Gasteiger partial charge in [0.25, 0.3) is 11.8 Å². The van der Waals surface area contributed by atoms with Crippen molar-refractivity contribution < 1.29 is 14.7 Å². The Bertz CT molecular complexity index is 684. The Balaban J connectivity index is 2.02. The first kappa shape index (κ1) is 14.9. The highest BCUT2D eigenvalue weighted by Gasteiger charge is 2.13. The van der Waals surface area contributed by atoms with E-state index in [1.165, 1.54) is 18.2 Å². The van der Waals surface area contributed by atoms with E-state index in [2.05, 4.69) is 10.9 Å².